The van der Waals surface area contributed by atoms with Crippen molar-refractivity contribution in [2.45, 2.75) is 70.0 Å². The van der Waals surface area contributed by atoms with Gasteiger partial charge in [0.05, 0.1) is 61.9 Å². The minimum Gasteiger partial charge on any atom is -0.508 e. The Labute approximate surface area is 442 Å². The van der Waals surface area contributed by atoms with Gasteiger partial charge in [-0.3, -0.25) is 39.1 Å². The van der Waals surface area contributed by atoms with Gasteiger partial charge in [0.15, 0.2) is 5.82 Å². The summed E-state index contributed by atoms with van der Waals surface area (Å²) in [6.07, 6.45) is 0.419. The SMILES string of the molecule is C[C@H](CN1CCC(OCCOCCOCCOCCCc2cccc3c2C(=O)N(C2CCC(=O)NC2=O)C3=O)CC1)Oc1nc(N2CCN(C(=O)C(O)O)CC2)c2cc(Cl)c(-c3cc(O)cc4ccccc34)c(F)c2n1. The van der Waals surface area contributed by atoms with Crippen molar-refractivity contribution < 1.29 is 67.4 Å². The number of carbonyl (C=O) groups is 5. The Morgan fingerprint density at radius 1 is 0.803 bits per heavy atom. The number of amides is 5. The molecule has 4 aliphatic heterocycles. The van der Waals surface area contributed by atoms with Crippen LogP contribution in [0.15, 0.2) is 60.7 Å². The third kappa shape index (κ3) is 12.4. The number of carbonyl (C=O) groups excluding carboxylic acids is 5. The van der Waals surface area contributed by atoms with E-state index in [1.54, 1.807) is 30.3 Å². The molecule has 0 aliphatic carbocycles. The smallest absolute Gasteiger partial charge is 0.319 e. The van der Waals surface area contributed by atoms with Crippen LogP contribution in [0.25, 0.3) is 32.8 Å². The Morgan fingerprint density at radius 3 is 2.24 bits per heavy atom. The number of halogens is 2. The molecule has 3 saturated heterocycles. The molecule has 0 spiro atoms. The fraction of sp³-hybridized carbons (Fsp3) is 0.463. The number of aromatic hydroxyl groups is 1. The topological polar surface area (TPSA) is 243 Å². The van der Waals surface area contributed by atoms with Crippen molar-refractivity contribution in [3.8, 4) is 22.9 Å². The molecule has 0 saturated carbocycles. The standard InChI is InChI=1S/C54H61ClFN7O13/c1-32(76-54-58-47-40(48(59-54)61-17-19-62(20-18-61)52(69)53(70)71)30-41(55)45(46(47)56)39-29-35(64)28-34-6-2-3-9-37(34)39)31-60-15-13-36(14-16-60)75-27-26-74-25-24-73-23-22-72-21-5-8-33-7-4-10-38-44(33)51(68)63(50(38)67)42-11-12-43(65)57-49(42)66/h2-4,6-7,9-10,28-30,32,36,42,53,64,70-71H,5,8,11-27,31H2,1H3,(H,57,65,66)/t32-,42?/m1/s1. The lowest BCUT2D eigenvalue weighted by molar-refractivity contribution is -0.159. The third-order valence-electron chi connectivity index (χ3n) is 14.0. The van der Waals surface area contributed by atoms with E-state index in [4.69, 9.17) is 40.3 Å². The minimum absolute atomic E-state index is 0.0358. The number of aromatic nitrogens is 2. The summed E-state index contributed by atoms with van der Waals surface area (Å²) in [5.74, 6) is -3.34. The number of rotatable bonds is 22. The summed E-state index contributed by atoms with van der Waals surface area (Å²) in [6, 6.07) is 16.0. The van der Waals surface area contributed by atoms with Crippen molar-refractivity contribution in [2.75, 3.05) is 97.0 Å². The maximum atomic E-state index is 17.1. The number of ether oxygens (including phenoxy) is 5. The zero-order valence-electron chi connectivity index (χ0n) is 42.1. The Morgan fingerprint density at radius 2 is 1.51 bits per heavy atom. The Kier molecular flexibility index (Phi) is 17.7. The fourth-order valence-electron chi connectivity index (χ4n) is 10.3. The average molecular weight is 1070 g/mol. The predicted octanol–water partition coefficient (Wildman–Crippen LogP) is 4.24. The van der Waals surface area contributed by atoms with E-state index in [1.807, 2.05) is 36.1 Å². The first-order valence-electron chi connectivity index (χ1n) is 25.6. The number of hydrogen-bond donors (Lipinski definition) is 4. The molecule has 1 aromatic heterocycles. The van der Waals surface area contributed by atoms with Gasteiger partial charge in [0, 0.05) is 69.8 Å². The molecule has 404 valence electrons. The normalized spacial score (nSPS) is 18.1. The number of nitrogens with zero attached hydrogens (tertiary/aromatic N) is 6. The number of anilines is 1. The highest BCUT2D eigenvalue weighted by atomic mass is 35.5. The molecule has 5 aromatic rings. The number of piperazine rings is 1. The molecule has 4 aliphatic rings. The Balaban J connectivity index is 0.689. The van der Waals surface area contributed by atoms with Gasteiger partial charge in [-0.1, -0.05) is 48.0 Å². The summed E-state index contributed by atoms with van der Waals surface area (Å²) >= 11 is 6.89. The molecule has 22 heteroatoms. The molecular formula is C54H61ClFN7O13. The Hall–Kier alpha value is -6.43. The summed E-state index contributed by atoms with van der Waals surface area (Å²) < 4.78 is 46.6. The van der Waals surface area contributed by atoms with Crippen LogP contribution < -0.4 is 15.0 Å². The first-order chi connectivity index (χ1) is 36.7. The third-order valence-corrected chi connectivity index (χ3v) is 14.3. The molecule has 2 atom stereocenters. The molecule has 0 bridgehead atoms. The quantitative estimate of drug-likeness (QED) is 0.0430. The summed E-state index contributed by atoms with van der Waals surface area (Å²) in [5, 5.41) is 33.6. The van der Waals surface area contributed by atoms with Crippen molar-refractivity contribution in [2.24, 2.45) is 0 Å². The number of phenolic OH excluding ortho intramolecular Hbond substituents is 1. The Bertz CT molecular complexity index is 2970. The first-order valence-corrected chi connectivity index (χ1v) is 26.0. The van der Waals surface area contributed by atoms with Crippen LogP contribution in [0.1, 0.15) is 65.3 Å². The molecule has 76 heavy (non-hydrogen) atoms. The number of fused-ring (bicyclic) bond motifs is 3. The van der Waals surface area contributed by atoms with Crippen molar-refractivity contribution >= 4 is 68.6 Å². The summed E-state index contributed by atoms with van der Waals surface area (Å²) in [4.78, 5) is 78.6. The number of piperidine rings is 2. The zero-order chi connectivity index (χ0) is 53.5. The molecule has 4 aromatic carbocycles. The van der Waals surface area contributed by atoms with E-state index in [9.17, 15) is 39.3 Å². The first kappa shape index (κ1) is 54.4. The molecule has 4 N–H and O–H groups in total. The van der Waals surface area contributed by atoms with Gasteiger partial charge in [-0.2, -0.15) is 9.97 Å². The average Bonchev–Trinajstić information content (AvgIpc) is 3.70. The number of aryl methyl sites for hydroxylation is 1. The van der Waals surface area contributed by atoms with Crippen LogP contribution in [0, 0.1) is 5.82 Å². The maximum absolute atomic E-state index is 17.1. The molecule has 5 amide bonds. The number of hydrogen-bond acceptors (Lipinski definition) is 17. The second-order valence-electron chi connectivity index (χ2n) is 19.2. The second-order valence-corrected chi connectivity index (χ2v) is 19.6. The van der Waals surface area contributed by atoms with E-state index in [2.05, 4.69) is 15.2 Å². The van der Waals surface area contributed by atoms with E-state index < -0.39 is 53.8 Å². The molecule has 20 nitrogen and oxygen atoms in total. The van der Waals surface area contributed by atoms with Gasteiger partial charge < -0.3 is 48.8 Å². The zero-order valence-corrected chi connectivity index (χ0v) is 42.8. The molecule has 5 heterocycles. The lowest BCUT2D eigenvalue weighted by Gasteiger charge is -2.36. The second kappa shape index (κ2) is 24.7. The van der Waals surface area contributed by atoms with E-state index in [1.165, 1.54) is 11.0 Å². The number of aliphatic hydroxyl groups is 2. The molecule has 3 fully saturated rings. The van der Waals surface area contributed by atoms with Gasteiger partial charge in [0.2, 0.25) is 18.1 Å². The predicted molar refractivity (Wildman–Crippen MR) is 276 cm³/mol. The van der Waals surface area contributed by atoms with E-state index >= 15 is 4.39 Å². The van der Waals surface area contributed by atoms with E-state index in [-0.39, 0.29) is 78.6 Å². The fourth-order valence-corrected chi connectivity index (χ4v) is 10.6. The van der Waals surface area contributed by atoms with Crippen molar-refractivity contribution in [3.05, 3.63) is 88.2 Å². The van der Waals surface area contributed by atoms with Crippen LogP contribution >= 0.6 is 11.6 Å². The van der Waals surface area contributed by atoms with Crippen LogP contribution in [-0.2, 0) is 39.8 Å². The number of nitrogens with one attached hydrogen (secondary N) is 1. The number of phenols is 1. The van der Waals surface area contributed by atoms with Crippen LogP contribution in [-0.4, -0.2) is 186 Å². The number of benzene rings is 4. The monoisotopic (exact) mass is 1070 g/mol. The van der Waals surface area contributed by atoms with Crippen LogP contribution in [0.4, 0.5) is 10.2 Å². The highest BCUT2D eigenvalue weighted by molar-refractivity contribution is 6.35. The molecular weight excluding hydrogens is 1010 g/mol. The number of likely N-dealkylation sites (tertiary alicyclic amines) is 1. The van der Waals surface area contributed by atoms with Crippen LogP contribution in [0.2, 0.25) is 5.02 Å². The summed E-state index contributed by atoms with van der Waals surface area (Å²) in [7, 11) is 0. The maximum Gasteiger partial charge on any atom is 0.319 e. The molecule has 0 radical (unpaired) electrons. The van der Waals surface area contributed by atoms with Crippen molar-refractivity contribution in [1.29, 1.82) is 0 Å². The molecule has 9 rings (SSSR count). The van der Waals surface area contributed by atoms with Gasteiger partial charge in [0.25, 0.3) is 17.7 Å². The summed E-state index contributed by atoms with van der Waals surface area (Å²) in [6.45, 7) is 7.62. The van der Waals surface area contributed by atoms with Gasteiger partial charge in [-0.05, 0) is 85.2 Å². The van der Waals surface area contributed by atoms with Gasteiger partial charge in [-0.15, -0.1) is 0 Å². The van der Waals surface area contributed by atoms with Gasteiger partial charge in [-0.25, -0.2) is 4.39 Å². The van der Waals surface area contributed by atoms with Crippen molar-refractivity contribution in [1.82, 2.24) is 30.0 Å². The largest absolute Gasteiger partial charge is 0.508 e. The van der Waals surface area contributed by atoms with Gasteiger partial charge >= 0.3 is 6.01 Å². The molecule has 1 unspecified atom stereocenters. The van der Waals surface area contributed by atoms with E-state index in [0.29, 0.717) is 104 Å². The van der Waals surface area contributed by atoms with E-state index in [0.717, 1.165) is 30.8 Å². The summed E-state index contributed by atoms with van der Waals surface area (Å²) in [5.41, 5.74) is 1.68. The number of imide groups is 2. The lowest BCUT2D eigenvalue weighted by atomic mass is 9.96. The number of aliphatic hydroxyl groups excluding tert-OH is 1. The van der Waals surface area contributed by atoms with Crippen molar-refractivity contribution in [3.63, 3.8) is 0 Å². The minimum atomic E-state index is -2.13. The highest BCUT2D eigenvalue weighted by Gasteiger charge is 2.45. The van der Waals surface area contributed by atoms with Crippen LogP contribution in [0.3, 0.4) is 0 Å². The van der Waals surface area contributed by atoms with Gasteiger partial charge in [0.1, 0.15) is 29.2 Å². The lowest BCUT2D eigenvalue weighted by Crippen LogP contribution is -2.54. The van der Waals surface area contributed by atoms with Crippen LogP contribution in [0.5, 0.6) is 11.8 Å². The highest BCUT2D eigenvalue weighted by Crippen LogP contribution is 2.43.